The third-order valence-corrected chi connectivity index (χ3v) is 6.46. The lowest BCUT2D eigenvalue weighted by Crippen LogP contribution is -2.28. The van der Waals surface area contributed by atoms with Crippen molar-refractivity contribution in [1.82, 2.24) is 10.3 Å². The minimum atomic E-state index is -0.576. The second-order valence-corrected chi connectivity index (χ2v) is 8.60. The molecule has 1 atom stereocenters. The Morgan fingerprint density at radius 3 is 2.56 bits per heavy atom. The fourth-order valence-corrected chi connectivity index (χ4v) is 4.84. The summed E-state index contributed by atoms with van der Waals surface area (Å²) in [6, 6.07) is 13.6. The van der Waals surface area contributed by atoms with Crippen molar-refractivity contribution in [2.45, 2.75) is 25.2 Å². The maximum absolute atomic E-state index is 14.1. The predicted octanol–water partition coefficient (Wildman–Crippen LogP) is 5.81. The fraction of sp³-hybridized carbons (Fsp3) is 0.296. The molecule has 3 aromatic rings. The maximum Gasteiger partial charge on any atom is 0.126 e. The highest BCUT2D eigenvalue weighted by atomic mass is 19.1. The van der Waals surface area contributed by atoms with Gasteiger partial charge in [-0.05, 0) is 103 Å². The van der Waals surface area contributed by atoms with Gasteiger partial charge in [-0.15, -0.1) is 0 Å². The lowest BCUT2D eigenvalue weighted by Gasteiger charge is -2.22. The molecule has 0 radical (unpaired) electrons. The molecule has 164 valence electrons. The van der Waals surface area contributed by atoms with E-state index < -0.39 is 11.6 Å². The van der Waals surface area contributed by atoms with Gasteiger partial charge in [0.15, 0.2) is 0 Å². The standard InChI is InChI=1S/C27H26F2N2O/c28-22-12-21(13-23(29)15-22)27-25(20-2-1-8-31-17-20)14-19-3-4-24(16-26(19)27)32-11-7-18-5-9-30-10-6-18/h1-4,8,12-18,27,30H,5-7,9-11H2. The molecule has 32 heavy (non-hydrogen) atoms. The summed E-state index contributed by atoms with van der Waals surface area (Å²) in [7, 11) is 0. The average molecular weight is 433 g/mol. The van der Waals surface area contributed by atoms with Crippen molar-refractivity contribution in [3.05, 3.63) is 94.8 Å². The third-order valence-electron chi connectivity index (χ3n) is 6.46. The molecule has 2 aromatic carbocycles. The minimum Gasteiger partial charge on any atom is -0.494 e. The van der Waals surface area contributed by atoms with Gasteiger partial charge in [-0.1, -0.05) is 12.1 Å². The van der Waals surface area contributed by atoms with Crippen molar-refractivity contribution in [2.75, 3.05) is 19.7 Å². The second kappa shape index (κ2) is 9.21. The van der Waals surface area contributed by atoms with E-state index in [9.17, 15) is 8.78 Å². The van der Waals surface area contributed by atoms with Gasteiger partial charge in [-0.25, -0.2) is 8.78 Å². The molecule has 1 saturated heterocycles. The van der Waals surface area contributed by atoms with Crippen LogP contribution < -0.4 is 10.1 Å². The van der Waals surface area contributed by atoms with Crippen molar-refractivity contribution in [2.24, 2.45) is 5.92 Å². The summed E-state index contributed by atoms with van der Waals surface area (Å²) in [4.78, 5) is 4.24. The molecule has 0 bridgehead atoms. The molecule has 5 rings (SSSR count). The Bertz CT molecular complexity index is 1100. The zero-order valence-corrected chi connectivity index (χ0v) is 17.9. The van der Waals surface area contributed by atoms with Crippen LogP contribution in [0.1, 0.15) is 47.4 Å². The largest absolute Gasteiger partial charge is 0.494 e. The van der Waals surface area contributed by atoms with E-state index >= 15 is 0 Å². The first-order valence-electron chi connectivity index (χ1n) is 11.2. The van der Waals surface area contributed by atoms with Gasteiger partial charge in [0.2, 0.25) is 0 Å². The van der Waals surface area contributed by atoms with Crippen molar-refractivity contribution in [1.29, 1.82) is 0 Å². The summed E-state index contributed by atoms with van der Waals surface area (Å²) in [5, 5.41) is 3.39. The summed E-state index contributed by atoms with van der Waals surface area (Å²) >= 11 is 0. The number of nitrogens with one attached hydrogen (secondary N) is 1. The van der Waals surface area contributed by atoms with Crippen LogP contribution in [0.15, 0.2) is 60.9 Å². The Kier molecular flexibility index (Phi) is 5.99. The van der Waals surface area contributed by atoms with E-state index in [2.05, 4.69) is 16.4 Å². The number of rotatable bonds is 6. The van der Waals surface area contributed by atoms with Gasteiger partial charge in [0.05, 0.1) is 6.61 Å². The van der Waals surface area contributed by atoms with E-state index in [1.807, 2.05) is 30.3 Å². The van der Waals surface area contributed by atoms with E-state index in [0.717, 1.165) is 53.6 Å². The first-order valence-corrected chi connectivity index (χ1v) is 11.2. The molecular formula is C27H26F2N2O. The van der Waals surface area contributed by atoms with E-state index in [1.165, 1.54) is 25.0 Å². The molecule has 0 amide bonds. The monoisotopic (exact) mass is 432 g/mol. The number of halogens is 2. The molecule has 1 N–H and O–H groups in total. The highest BCUT2D eigenvalue weighted by molar-refractivity contribution is 5.93. The maximum atomic E-state index is 14.1. The third kappa shape index (κ3) is 4.44. The lowest BCUT2D eigenvalue weighted by atomic mass is 9.85. The quantitative estimate of drug-likeness (QED) is 0.533. The Hall–Kier alpha value is -3.05. The number of benzene rings is 2. The van der Waals surface area contributed by atoms with Gasteiger partial charge in [0, 0.05) is 24.4 Å². The molecule has 1 aliphatic carbocycles. The average Bonchev–Trinajstić information content (AvgIpc) is 3.19. The number of ether oxygens (including phenoxy) is 1. The van der Waals surface area contributed by atoms with E-state index in [1.54, 1.807) is 12.4 Å². The smallest absolute Gasteiger partial charge is 0.126 e. The normalized spacial score (nSPS) is 18.3. The van der Waals surface area contributed by atoms with Crippen LogP contribution in [0.5, 0.6) is 5.75 Å². The highest BCUT2D eigenvalue weighted by Gasteiger charge is 2.29. The summed E-state index contributed by atoms with van der Waals surface area (Å²) in [5.74, 6) is 0.0574. The van der Waals surface area contributed by atoms with Crippen LogP contribution >= 0.6 is 0 Å². The summed E-state index contributed by atoms with van der Waals surface area (Å²) in [6.07, 6.45) is 9.02. The van der Waals surface area contributed by atoms with Gasteiger partial charge in [0.25, 0.3) is 0 Å². The fourth-order valence-electron chi connectivity index (χ4n) is 4.84. The van der Waals surface area contributed by atoms with Crippen molar-refractivity contribution in [3.63, 3.8) is 0 Å². The summed E-state index contributed by atoms with van der Waals surface area (Å²) in [5.41, 5.74) is 4.53. The highest BCUT2D eigenvalue weighted by Crippen LogP contribution is 2.47. The van der Waals surface area contributed by atoms with Crippen molar-refractivity contribution < 1.29 is 13.5 Å². The van der Waals surface area contributed by atoms with Gasteiger partial charge in [0.1, 0.15) is 17.4 Å². The molecule has 1 fully saturated rings. The molecule has 5 heteroatoms. The molecule has 0 saturated carbocycles. The lowest BCUT2D eigenvalue weighted by molar-refractivity contribution is 0.251. The zero-order valence-electron chi connectivity index (χ0n) is 17.9. The van der Waals surface area contributed by atoms with E-state index in [0.29, 0.717) is 18.1 Å². The van der Waals surface area contributed by atoms with Gasteiger partial charge >= 0.3 is 0 Å². The summed E-state index contributed by atoms with van der Waals surface area (Å²) < 4.78 is 34.3. The number of aromatic nitrogens is 1. The molecule has 0 spiro atoms. The second-order valence-electron chi connectivity index (χ2n) is 8.60. The van der Waals surface area contributed by atoms with Crippen LogP contribution in [0.25, 0.3) is 11.6 Å². The van der Waals surface area contributed by atoms with Crippen LogP contribution in [0, 0.1) is 17.6 Å². The Balaban J connectivity index is 1.43. The first-order chi connectivity index (χ1) is 15.7. The van der Waals surface area contributed by atoms with Crippen LogP contribution in [0.3, 0.4) is 0 Å². The number of hydrogen-bond donors (Lipinski definition) is 1. The molecule has 1 aromatic heterocycles. The van der Waals surface area contributed by atoms with E-state index in [4.69, 9.17) is 4.74 Å². The van der Waals surface area contributed by atoms with Gasteiger partial charge in [-0.2, -0.15) is 0 Å². The summed E-state index contributed by atoms with van der Waals surface area (Å²) in [6.45, 7) is 2.84. The topological polar surface area (TPSA) is 34.1 Å². The Labute approximate surface area is 187 Å². The molecule has 2 heterocycles. The van der Waals surface area contributed by atoms with Crippen LogP contribution in [-0.2, 0) is 0 Å². The Morgan fingerprint density at radius 2 is 1.81 bits per heavy atom. The number of nitrogens with zero attached hydrogens (tertiary/aromatic N) is 1. The molecular weight excluding hydrogens is 406 g/mol. The molecule has 2 aliphatic rings. The zero-order chi connectivity index (χ0) is 21.9. The Morgan fingerprint density at radius 1 is 1.00 bits per heavy atom. The predicted molar refractivity (Wildman–Crippen MR) is 122 cm³/mol. The molecule has 1 unspecified atom stereocenters. The number of piperidine rings is 1. The molecule has 3 nitrogen and oxygen atoms in total. The van der Waals surface area contributed by atoms with Gasteiger partial charge < -0.3 is 10.1 Å². The number of hydrogen-bond acceptors (Lipinski definition) is 3. The van der Waals surface area contributed by atoms with Crippen molar-refractivity contribution in [3.8, 4) is 5.75 Å². The number of allylic oxidation sites excluding steroid dienone is 1. The minimum absolute atomic E-state index is 0.285. The van der Waals surface area contributed by atoms with Crippen LogP contribution in [0.2, 0.25) is 0 Å². The van der Waals surface area contributed by atoms with Crippen LogP contribution in [-0.4, -0.2) is 24.7 Å². The van der Waals surface area contributed by atoms with Crippen LogP contribution in [0.4, 0.5) is 8.78 Å². The van der Waals surface area contributed by atoms with E-state index in [-0.39, 0.29) is 5.92 Å². The molecule has 1 aliphatic heterocycles. The van der Waals surface area contributed by atoms with Crippen molar-refractivity contribution >= 4 is 11.6 Å². The first kappa shape index (κ1) is 20.8. The number of fused-ring (bicyclic) bond motifs is 1. The SMILES string of the molecule is Fc1cc(F)cc(C2C(c3cccnc3)=Cc3ccc(OCCC4CCNCC4)cc32)c1. The number of pyridine rings is 1. The van der Waals surface area contributed by atoms with Gasteiger partial charge in [-0.3, -0.25) is 4.98 Å².